The first-order valence-corrected chi connectivity index (χ1v) is 16.5. The Morgan fingerprint density at radius 2 is 1.69 bits per heavy atom. The van der Waals surface area contributed by atoms with Crippen molar-refractivity contribution in [3.8, 4) is 5.69 Å². The van der Waals surface area contributed by atoms with Gasteiger partial charge in [-0.1, -0.05) is 91.0 Å². The lowest BCUT2D eigenvalue weighted by Crippen LogP contribution is -2.48. The second-order valence-electron chi connectivity index (χ2n) is 13.1. The van der Waals surface area contributed by atoms with E-state index in [9.17, 15) is 0 Å². The van der Waals surface area contributed by atoms with Crippen molar-refractivity contribution in [3.63, 3.8) is 0 Å². The first kappa shape index (κ1) is 26.7. The molecule has 2 aliphatic heterocycles. The summed E-state index contributed by atoms with van der Waals surface area (Å²) in [5.74, 6) is 0.384. The number of hydrogen-bond acceptors (Lipinski definition) is 3. The molecule has 4 heteroatoms. The zero-order chi connectivity index (χ0) is 29.9. The van der Waals surface area contributed by atoms with E-state index in [-0.39, 0.29) is 12.1 Å². The van der Waals surface area contributed by atoms with E-state index in [1.54, 1.807) is 5.57 Å². The number of aromatic nitrogens is 2. The maximum atomic E-state index is 5.10. The number of fused-ring (bicyclic) bond motifs is 7. The van der Waals surface area contributed by atoms with Crippen LogP contribution in [-0.2, 0) is 0 Å². The highest BCUT2D eigenvalue weighted by molar-refractivity contribution is 5.98. The molecule has 0 spiro atoms. The van der Waals surface area contributed by atoms with E-state index in [4.69, 9.17) is 4.98 Å². The predicted molar refractivity (Wildman–Crippen MR) is 186 cm³/mol. The van der Waals surface area contributed by atoms with E-state index in [0.29, 0.717) is 5.92 Å². The monoisotopic (exact) mass is 586 g/mol. The summed E-state index contributed by atoms with van der Waals surface area (Å²) in [5, 5.41) is 2.58. The first-order chi connectivity index (χ1) is 22.2. The Kier molecular flexibility index (Phi) is 6.38. The molecular weight excluding hydrogens is 548 g/mol. The molecule has 45 heavy (non-hydrogen) atoms. The van der Waals surface area contributed by atoms with Crippen molar-refractivity contribution in [1.29, 1.82) is 0 Å². The minimum atomic E-state index is 0.255. The summed E-state index contributed by atoms with van der Waals surface area (Å²) >= 11 is 0. The predicted octanol–water partition coefficient (Wildman–Crippen LogP) is 8.76. The molecule has 3 aromatic carbocycles. The van der Waals surface area contributed by atoms with Gasteiger partial charge in [-0.05, 0) is 74.2 Å². The third-order valence-electron chi connectivity index (χ3n) is 10.4. The molecule has 0 N–H and O–H groups in total. The molecule has 0 saturated carbocycles. The van der Waals surface area contributed by atoms with E-state index < -0.39 is 0 Å². The summed E-state index contributed by atoms with van der Waals surface area (Å²) in [5.41, 5.74) is 12.0. The average molecular weight is 587 g/mol. The molecular formula is C41H38N4. The number of hydrogen-bond donors (Lipinski definition) is 0. The zero-order valence-corrected chi connectivity index (χ0v) is 25.8. The quantitative estimate of drug-likeness (QED) is 0.198. The lowest BCUT2D eigenvalue weighted by Gasteiger charge is -2.45. The van der Waals surface area contributed by atoms with Gasteiger partial charge in [0.15, 0.2) is 0 Å². The summed E-state index contributed by atoms with van der Waals surface area (Å²) in [7, 11) is 2.29. The number of rotatable bonds is 3. The van der Waals surface area contributed by atoms with Crippen LogP contribution in [0.2, 0.25) is 0 Å². The third-order valence-corrected chi connectivity index (χ3v) is 10.4. The van der Waals surface area contributed by atoms with Crippen molar-refractivity contribution in [2.45, 2.75) is 43.7 Å². The van der Waals surface area contributed by atoms with Crippen molar-refractivity contribution >= 4 is 33.0 Å². The molecule has 4 heterocycles. The van der Waals surface area contributed by atoms with Gasteiger partial charge in [0.2, 0.25) is 0 Å². The van der Waals surface area contributed by atoms with E-state index in [1.165, 1.54) is 44.5 Å². The molecule has 0 amide bonds. The standard InChI is InChI=1S/C41H38N4/c1-43-25-24-33-39(27-43)44(31-16-11-13-29(26-31)36-23-22-28-12-5-8-19-35(28)42-36)38-21-10-7-18-34(38)41-40(33)32-17-6-9-20-37(32)45(41)30-14-3-2-4-15-30/h2-6,8-15,17,19-23,26,31,34,38H,7,16,18,24-25,27H2,1H3. The number of allylic oxidation sites excluding steroid dienone is 3. The Balaban J connectivity index is 1.26. The van der Waals surface area contributed by atoms with Crippen molar-refractivity contribution in [2.24, 2.45) is 0 Å². The van der Waals surface area contributed by atoms with Crippen LogP contribution < -0.4 is 0 Å². The third kappa shape index (κ3) is 4.34. The zero-order valence-electron chi connectivity index (χ0n) is 25.8. The van der Waals surface area contributed by atoms with Gasteiger partial charge >= 0.3 is 0 Å². The minimum Gasteiger partial charge on any atom is -0.360 e. The van der Waals surface area contributed by atoms with Gasteiger partial charge in [0, 0.05) is 52.4 Å². The maximum absolute atomic E-state index is 5.10. The second kappa shape index (κ2) is 10.7. The second-order valence-corrected chi connectivity index (χ2v) is 13.1. The molecule has 2 aliphatic carbocycles. The van der Waals surface area contributed by atoms with Crippen molar-refractivity contribution in [3.05, 3.63) is 144 Å². The molecule has 3 atom stereocenters. The molecule has 2 aromatic heterocycles. The molecule has 222 valence electrons. The highest BCUT2D eigenvalue weighted by Gasteiger charge is 2.43. The Hall–Kier alpha value is -4.67. The van der Waals surface area contributed by atoms with Gasteiger partial charge in [0.1, 0.15) is 0 Å². The normalized spacial score (nSPS) is 23.1. The van der Waals surface area contributed by atoms with Crippen LogP contribution in [0.4, 0.5) is 0 Å². The van der Waals surface area contributed by atoms with Crippen LogP contribution in [0.3, 0.4) is 0 Å². The average Bonchev–Trinajstić information content (AvgIpc) is 3.38. The number of pyridine rings is 1. The Bertz CT molecular complexity index is 2060. The van der Waals surface area contributed by atoms with E-state index in [2.05, 4.69) is 143 Å². The smallest absolute Gasteiger partial charge is 0.0709 e. The maximum Gasteiger partial charge on any atom is 0.0709 e. The van der Waals surface area contributed by atoms with Crippen LogP contribution in [0.1, 0.15) is 48.6 Å². The van der Waals surface area contributed by atoms with Crippen LogP contribution in [0.5, 0.6) is 0 Å². The molecule has 0 saturated heterocycles. The van der Waals surface area contributed by atoms with Crippen LogP contribution in [0.15, 0.2) is 127 Å². The molecule has 4 nitrogen and oxygen atoms in total. The topological polar surface area (TPSA) is 24.3 Å². The number of benzene rings is 3. The molecule has 3 unspecified atom stereocenters. The summed E-state index contributed by atoms with van der Waals surface area (Å²) in [6.45, 7) is 2.04. The molecule has 0 bridgehead atoms. The molecule has 5 aromatic rings. The SMILES string of the molecule is CN1CCC2=C(C1)N(C1C=C(c3ccc4ccccc4n3)C=CC1)C1C=CCCC1c1c2c2ccccc2n1-c1ccccc1. The Morgan fingerprint density at radius 3 is 2.62 bits per heavy atom. The fraction of sp³-hybridized carbons (Fsp3) is 0.244. The van der Waals surface area contributed by atoms with Gasteiger partial charge in [-0.15, -0.1) is 0 Å². The van der Waals surface area contributed by atoms with Gasteiger partial charge < -0.3 is 14.4 Å². The summed E-state index contributed by atoms with van der Waals surface area (Å²) in [6.07, 6.45) is 16.5. The van der Waals surface area contributed by atoms with Gasteiger partial charge in [0.05, 0.1) is 28.8 Å². The van der Waals surface area contributed by atoms with Gasteiger partial charge in [-0.2, -0.15) is 0 Å². The summed E-state index contributed by atoms with van der Waals surface area (Å²) in [4.78, 5) is 10.4. The fourth-order valence-corrected chi connectivity index (χ4v) is 8.43. The molecule has 0 radical (unpaired) electrons. The summed E-state index contributed by atoms with van der Waals surface area (Å²) in [6, 6.07) is 33.5. The van der Waals surface area contributed by atoms with Gasteiger partial charge in [0.25, 0.3) is 0 Å². The van der Waals surface area contributed by atoms with Crippen LogP contribution in [-0.4, -0.2) is 51.6 Å². The minimum absolute atomic E-state index is 0.255. The molecule has 4 aliphatic rings. The highest BCUT2D eigenvalue weighted by atomic mass is 15.3. The molecule has 0 fully saturated rings. The largest absolute Gasteiger partial charge is 0.360 e. The summed E-state index contributed by atoms with van der Waals surface area (Å²) < 4.78 is 2.61. The van der Waals surface area contributed by atoms with Crippen LogP contribution in [0.25, 0.3) is 38.6 Å². The first-order valence-electron chi connectivity index (χ1n) is 16.5. The van der Waals surface area contributed by atoms with E-state index >= 15 is 0 Å². The lowest BCUT2D eigenvalue weighted by atomic mass is 9.83. The number of para-hydroxylation sites is 3. The number of likely N-dealkylation sites (N-methyl/N-ethyl adjacent to an activating group) is 1. The van der Waals surface area contributed by atoms with Crippen LogP contribution in [0, 0.1) is 0 Å². The van der Waals surface area contributed by atoms with Gasteiger partial charge in [-0.25, -0.2) is 4.98 Å². The van der Waals surface area contributed by atoms with E-state index in [1.807, 2.05) is 0 Å². The van der Waals surface area contributed by atoms with Gasteiger partial charge in [-0.3, -0.25) is 0 Å². The van der Waals surface area contributed by atoms with Crippen molar-refractivity contribution in [2.75, 3.05) is 20.1 Å². The van der Waals surface area contributed by atoms with E-state index in [0.717, 1.165) is 50.0 Å². The Morgan fingerprint density at radius 1 is 0.844 bits per heavy atom. The Labute approximate surface area is 265 Å². The van der Waals surface area contributed by atoms with Crippen LogP contribution >= 0.6 is 0 Å². The number of nitrogens with zero attached hydrogens (tertiary/aromatic N) is 4. The lowest BCUT2D eigenvalue weighted by molar-refractivity contribution is 0.185. The van der Waals surface area contributed by atoms with Crippen molar-refractivity contribution < 1.29 is 0 Å². The molecule has 9 rings (SSSR count). The fourth-order valence-electron chi connectivity index (χ4n) is 8.43. The van der Waals surface area contributed by atoms with Crippen molar-refractivity contribution in [1.82, 2.24) is 19.4 Å². The highest BCUT2D eigenvalue weighted by Crippen LogP contribution is 2.50.